The molecule has 0 aliphatic heterocycles. The fourth-order valence-corrected chi connectivity index (χ4v) is 2.52. The zero-order valence-corrected chi connectivity index (χ0v) is 10.9. The molecule has 0 amide bonds. The molecule has 1 atom stereocenters. The third kappa shape index (κ3) is 3.07. The van der Waals surface area contributed by atoms with Crippen LogP contribution in [0.25, 0.3) is 0 Å². The van der Waals surface area contributed by atoms with Gasteiger partial charge in [0.05, 0.1) is 15.7 Å². The first kappa shape index (κ1) is 13.2. The van der Waals surface area contributed by atoms with Crippen molar-refractivity contribution in [2.75, 3.05) is 4.72 Å². The van der Waals surface area contributed by atoms with Crippen LogP contribution in [0.4, 0.5) is 5.69 Å². The number of hydrogen-bond donors (Lipinski definition) is 2. The van der Waals surface area contributed by atoms with Gasteiger partial charge in [-0.15, -0.1) is 0 Å². The van der Waals surface area contributed by atoms with Crippen molar-refractivity contribution in [3.63, 3.8) is 0 Å². The average Bonchev–Trinajstić information content (AvgIpc) is 2.20. The Hall–Kier alpha value is -0.850. The van der Waals surface area contributed by atoms with Gasteiger partial charge in [-0.3, -0.25) is 4.72 Å². The maximum atomic E-state index is 11.8. The van der Waals surface area contributed by atoms with Crippen LogP contribution in [-0.2, 0) is 10.0 Å². The predicted molar refractivity (Wildman–Crippen MR) is 70.2 cm³/mol. The van der Waals surface area contributed by atoms with Crippen LogP contribution in [0.3, 0.4) is 0 Å². The zero-order chi connectivity index (χ0) is 12.3. The summed E-state index contributed by atoms with van der Waals surface area (Å²) in [6.07, 6.45) is 0. The van der Waals surface area contributed by atoms with Crippen LogP contribution in [0.5, 0.6) is 0 Å². The third-order valence-electron chi connectivity index (χ3n) is 1.99. The van der Waals surface area contributed by atoms with Crippen LogP contribution < -0.4 is 10.5 Å². The molecule has 1 aromatic carbocycles. The highest BCUT2D eigenvalue weighted by molar-refractivity contribution is 7.95. The first-order chi connectivity index (χ1) is 7.34. The molecule has 1 aromatic rings. The van der Waals surface area contributed by atoms with Crippen LogP contribution in [0.2, 0.25) is 5.02 Å². The molecule has 16 heavy (non-hydrogen) atoms. The summed E-state index contributed by atoms with van der Waals surface area (Å²) in [5.41, 5.74) is 5.61. The molecule has 0 aliphatic carbocycles. The highest BCUT2D eigenvalue weighted by Crippen LogP contribution is 2.22. The Labute approximate surface area is 105 Å². The minimum absolute atomic E-state index is 0.0837. The van der Waals surface area contributed by atoms with Gasteiger partial charge < -0.3 is 5.73 Å². The summed E-state index contributed by atoms with van der Waals surface area (Å²) >= 11 is 10.5. The Kier molecular flexibility index (Phi) is 4.12. The Balaban J connectivity index is 2.98. The number of benzene rings is 1. The van der Waals surface area contributed by atoms with Gasteiger partial charge in [0.1, 0.15) is 5.25 Å². The molecule has 3 N–H and O–H groups in total. The van der Waals surface area contributed by atoms with Crippen molar-refractivity contribution in [1.82, 2.24) is 0 Å². The van der Waals surface area contributed by atoms with Crippen molar-refractivity contribution in [2.24, 2.45) is 5.73 Å². The molecule has 0 fully saturated rings. The van der Waals surface area contributed by atoms with E-state index in [1.54, 1.807) is 24.3 Å². The average molecular weight is 279 g/mol. The van der Waals surface area contributed by atoms with Crippen molar-refractivity contribution in [3.8, 4) is 0 Å². The molecule has 0 spiro atoms. The van der Waals surface area contributed by atoms with Crippen molar-refractivity contribution >= 4 is 44.5 Å². The molecule has 7 heteroatoms. The smallest absolute Gasteiger partial charge is 0.241 e. The first-order valence-corrected chi connectivity index (χ1v) is 6.73. The van der Waals surface area contributed by atoms with Gasteiger partial charge in [0.15, 0.2) is 0 Å². The van der Waals surface area contributed by atoms with Crippen molar-refractivity contribution in [1.29, 1.82) is 0 Å². The van der Waals surface area contributed by atoms with E-state index in [4.69, 9.17) is 17.3 Å². The van der Waals surface area contributed by atoms with E-state index < -0.39 is 15.3 Å². The summed E-state index contributed by atoms with van der Waals surface area (Å²) in [4.78, 5) is -0.0837. The molecule has 0 aromatic heterocycles. The molecule has 0 saturated carbocycles. The number of anilines is 1. The molecule has 1 unspecified atom stereocenters. The van der Waals surface area contributed by atoms with Gasteiger partial charge in [-0.2, -0.15) is 0 Å². The molecule has 88 valence electrons. The van der Waals surface area contributed by atoms with Gasteiger partial charge in [0.25, 0.3) is 0 Å². The number of nitrogens with one attached hydrogen (secondary N) is 1. The van der Waals surface area contributed by atoms with Crippen LogP contribution in [-0.4, -0.2) is 18.7 Å². The first-order valence-electron chi connectivity index (χ1n) is 4.40. The summed E-state index contributed by atoms with van der Waals surface area (Å²) in [6.45, 7) is 1.42. The van der Waals surface area contributed by atoms with E-state index in [-0.39, 0.29) is 4.99 Å². The number of thiocarbonyl (C=S) groups is 1. The summed E-state index contributed by atoms with van der Waals surface area (Å²) in [5, 5.41) is -0.625. The lowest BCUT2D eigenvalue weighted by atomic mass is 10.3. The predicted octanol–water partition coefficient (Wildman–Crippen LogP) is 1.76. The lowest BCUT2D eigenvalue weighted by Crippen LogP contribution is -2.35. The van der Waals surface area contributed by atoms with E-state index in [9.17, 15) is 8.42 Å². The van der Waals surface area contributed by atoms with Gasteiger partial charge >= 0.3 is 0 Å². The molecule has 0 heterocycles. The van der Waals surface area contributed by atoms with E-state index >= 15 is 0 Å². The molecule has 4 nitrogen and oxygen atoms in total. The Morgan fingerprint density at radius 1 is 1.50 bits per heavy atom. The molecule has 0 aliphatic rings. The van der Waals surface area contributed by atoms with E-state index in [1.165, 1.54) is 6.92 Å². The maximum absolute atomic E-state index is 11.8. The largest absolute Gasteiger partial charge is 0.392 e. The van der Waals surface area contributed by atoms with E-state index in [2.05, 4.69) is 16.9 Å². The number of rotatable bonds is 4. The summed E-state index contributed by atoms with van der Waals surface area (Å²) in [5.74, 6) is 0. The van der Waals surface area contributed by atoms with Gasteiger partial charge in [-0.1, -0.05) is 36.0 Å². The molecular formula is C9H11ClN2O2S2. The summed E-state index contributed by atoms with van der Waals surface area (Å²) < 4.78 is 25.9. The monoisotopic (exact) mass is 278 g/mol. The quantitative estimate of drug-likeness (QED) is 0.823. The fraction of sp³-hybridized carbons (Fsp3) is 0.222. The zero-order valence-electron chi connectivity index (χ0n) is 8.48. The van der Waals surface area contributed by atoms with E-state index in [0.717, 1.165) is 0 Å². The lowest BCUT2D eigenvalue weighted by molar-refractivity contribution is 0.598. The van der Waals surface area contributed by atoms with Gasteiger partial charge in [0.2, 0.25) is 10.0 Å². The topological polar surface area (TPSA) is 72.2 Å². The molecule has 0 saturated heterocycles. The molecule has 0 radical (unpaired) electrons. The van der Waals surface area contributed by atoms with Crippen molar-refractivity contribution < 1.29 is 8.42 Å². The Morgan fingerprint density at radius 3 is 2.56 bits per heavy atom. The second-order valence-electron chi connectivity index (χ2n) is 3.17. The highest BCUT2D eigenvalue weighted by atomic mass is 35.5. The Bertz CT molecular complexity index is 502. The normalized spacial score (nSPS) is 13.1. The lowest BCUT2D eigenvalue weighted by Gasteiger charge is -2.14. The van der Waals surface area contributed by atoms with Crippen molar-refractivity contribution in [3.05, 3.63) is 29.3 Å². The number of nitrogens with two attached hydrogens (primary N) is 1. The maximum Gasteiger partial charge on any atom is 0.241 e. The van der Waals surface area contributed by atoms with Crippen LogP contribution >= 0.6 is 23.8 Å². The highest BCUT2D eigenvalue weighted by Gasteiger charge is 2.23. The van der Waals surface area contributed by atoms with E-state index in [0.29, 0.717) is 10.7 Å². The van der Waals surface area contributed by atoms with Crippen molar-refractivity contribution in [2.45, 2.75) is 12.2 Å². The third-order valence-corrected chi connectivity index (χ3v) is 4.51. The number of hydrogen-bond acceptors (Lipinski definition) is 3. The fourth-order valence-electron chi connectivity index (χ4n) is 0.939. The number of para-hydroxylation sites is 1. The second kappa shape index (κ2) is 4.99. The second-order valence-corrected chi connectivity index (χ2v) is 6.05. The standard InChI is InChI=1S/C9H11ClN2O2S2/c1-6(9(11)15)16(13,14)12-8-5-3-2-4-7(8)10/h2-6,12H,1H3,(H2,11,15). The van der Waals surface area contributed by atoms with Crippen LogP contribution in [0, 0.1) is 0 Å². The SMILES string of the molecule is CC(C(N)=S)S(=O)(=O)Nc1ccccc1Cl. The van der Waals surface area contributed by atoms with Crippen LogP contribution in [0.1, 0.15) is 6.92 Å². The molecule has 0 bridgehead atoms. The number of halogens is 1. The summed E-state index contributed by atoms with van der Waals surface area (Å²) in [6, 6.07) is 6.53. The van der Waals surface area contributed by atoms with Gasteiger partial charge in [-0.25, -0.2) is 8.42 Å². The van der Waals surface area contributed by atoms with Gasteiger partial charge in [0, 0.05) is 0 Å². The minimum atomic E-state index is -3.64. The van der Waals surface area contributed by atoms with Crippen LogP contribution in [0.15, 0.2) is 24.3 Å². The van der Waals surface area contributed by atoms with E-state index in [1.807, 2.05) is 0 Å². The Morgan fingerprint density at radius 2 is 2.06 bits per heavy atom. The molecular weight excluding hydrogens is 268 g/mol. The van der Waals surface area contributed by atoms with Gasteiger partial charge in [-0.05, 0) is 19.1 Å². The summed E-state index contributed by atoms with van der Waals surface area (Å²) in [7, 11) is -3.64. The minimum Gasteiger partial charge on any atom is -0.392 e. The number of sulfonamides is 1. The molecule has 1 rings (SSSR count).